The van der Waals surface area contributed by atoms with Crippen LogP contribution in [-0.2, 0) is 28.9 Å². The average Bonchev–Trinajstić information content (AvgIpc) is 3.36. The highest BCUT2D eigenvalue weighted by Crippen LogP contribution is 2.30. The van der Waals surface area contributed by atoms with Gasteiger partial charge in [0.05, 0.1) is 12.2 Å². The van der Waals surface area contributed by atoms with Crippen LogP contribution in [0, 0.1) is 0 Å². The predicted octanol–water partition coefficient (Wildman–Crippen LogP) is 2.18. The van der Waals surface area contributed by atoms with E-state index in [2.05, 4.69) is 49.5 Å². The molecule has 9 heteroatoms. The minimum absolute atomic E-state index is 0.0253. The van der Waals surface area contributed by atoms with Crippen LogP contribution in [0.2, 0.25) is 0 Å². The zero-order valence-electron chi connectivity index (χ0n) is 18.9. The van der Waals surface area contributed by atoms with E-state index in [0.717, 1.165) is 37.1 Å². The van der Waals surface area contributed by atoms with Gasteiger partial charge in [0.15, 0.2) is 0 Å². The molecule has 1 saturated heterocycles. The van der Waals surface area contributed by atoms with Gasteiger partial charge in [0.25, 0.3) is 0 Å². The maximum atomic E-state index is 11.9. The van der Waals surface area contributed by atoms with Crippen LogP contribution in [0.1, 0.15) is 18.1 Å². The second-order valence-corrected chi connectivity index (χ2v) is 8.63. The number of nitrogens with one attached hydrogen (secondary N) is 1. The van der Waals surface area contributed by atoms with Gasteiger partial charge in [-0.2, -0.15) is 0 Å². The van der Waals surface area contributed by atoms with Gasteiger partial charge in [0.1, 0.15) is 12.6 Å². The molecule has 3 heterocycles. The lowest BCUT2D eigenvalue weighted by Gasteiger charge is -2.35. The highest BCUT2D eigenvalue weighted by molar-refractivity contribution is 5.71. The van der Waals surface area contributed by atoms with E-state index in [-0.39, 0.29) is 24.7 Å². The molecule has 2 aliphatic rings. The first kappa shape index (κ1) is 21.4. The molecule has 172 valence electrons. The summed E-state index contributed by atoms with van der Waals surface area (Å²) < 4.78 is 12.7. The van der Waals surface area contributed by atoms with Gasteiger partial charge in [-0.1, -0.05) is 24.3 Å². The van der Waals surface area contributed by atoms with Crippen LogP contribution in [0.3, 0.4) is 0 Å². The smallest absolute Gasteiger partial charge is 0.327 e. The van der Waals surface area contributed by atoms with Gasteiger partial charge in [-0.15, -0.1) is 5.10 Å². The Labute approximate surface area is 192 Å². The minimum atomic E-state index is -0.338. The van der Waals surface area contributed by atoms with Crippen LogP contribution in [0.4, 0.5) is 5.95 Å². The number of likely N-dealkylation sites (N-methyl/N-ethyl adjacent to an activating group) is 1. The monoisotopic (exact) mass is 448 g/mol. The van der Waals surface area contributed by atoms with Crippen molar-refractivity contribution < 1.29 is 14.3 Å². The second-order valence-electron chi connectivity index (χ2n) is 8.63. The fraction of sp³-hybridized carbons (Fsp3) is 0.417. The number of aromatic nitrogens is 4. The molecule has 0 saturated carbocycles. The Morgan fingerprint density at radius 2 is 1.85 bits per heavy atom. The van der Waals surface area contributed by atoms with Gasteiger partial charge >= 0.3 is 5.97 Å². The summed E-state index contributed by atoms with van der Waals surface area (Å²) in [5, 5.41) is 7.93. The van der Waals surface area contributed by atoms with E-state index in [4.69, 9.17) is 9.47 Å². The van der Waals surface area contributed by atoms with Crippen molar-refractivity contribution in [2.24, 2.45) is 0 Å². The van der Waals surface area contributed by atoms with Crippen molar-refractivity contribution in [1.82, 2.24) is 24.6 Å². The molecule has 33 heavy (non-hydrogen) atoms. The summed E-state index contributed by atoms with van der Waals surface area (Å²) >= 11 is 0. The van der Waals surface area contributed by atoms with Crippen LogP contribution in [0.5, 0.6) is 5.88 Å². The van der Waals surface area contributed by atoms with Gasteiger partial charge in [-0.3, -0.25) is 14.4 Å². The van der Waals surface area contributed by atoms with Crippen LogP contribution >= 0.6 is 0 Å². The first-order valence-corrected chi connectivity index (χ1v) is 11.3. The van der Waals surface area contributed by atoms with E-state index in [1.165, 1.54) is 11.1 Å². The Bertz CT molecular complexity index is 1100. The molecule has 0 bridgehead atoms. The summed E-state index contributed by atoms with van der Waals surface area (Å²) in [6.07, 6.45) is 7.33. The number of anilines is 1. The van der Waals surface area contributed by atoms with E-state index in [1.807, 2.05) is 7.05 Å². The SMILES string of the molecule is CCOC(=O)Cn1cc(-c2cnc(NC3Cc4ccccc4C3)nc2)c(OC2CN(C)C2)n1. The third kappa shape index (κ3) is 4.83. The Morgan fingerprint density at radius 1 is 1.15 bits per heavy atom. The third-order valence-corrected chi connectivity index (χ3v) is 5.98. The van der Waals surface area contributed by atoms with Gasteiger partial charge in [0.2, 0.25) is 11.8 Å². The predicted molar refractivity (Wildman–Crippen MR) is 123 cm³/mol. The average molecular weight is 449 g/mol. The zero-order chi connectivity index (χ0) is 22.8. The fourth-order valence-electron chi connectivity index (χ4n) is 4.37. The van der Waals surface area contributed by atoms with E-state index in [9.17, 15) is 4.79 Å². The highest BCUT2D eigenvalue weighted by Gasteiger charge is 2.28. The van der Waals surface area contributed by atoms with Gasteiger partial charge in [0, 0.05) is 43.3 Å². The van der Waals surface area contributed by atoms with Crippen molar-refractivity contribution in [1.29, 1.82) is 0 Å². The van der Waals surface area contributed by atoms with Gasteiger partial charge in [-0.25, -0.2) is 9.97 Å². The second kappa shape index (κ2) is 9.19. The van der Waals surface area contributed by atoms with Crippen molar-refractivity contribution in [2.45, 2.75) is 38.5 Å². The molecular weight excluding hydrogens is 420 g/mol. The molecule has 1 aliphatic heterocycles. The van der Waals surface area contributed by atoms with Crippen LogP contribution in [-0.4, -0.2) is 69.5 Å². The number of benzene rings is 1. The maximum Gasteiger partial charge on any atom is 0.327 e. The summed E-state index contributed by atoms with van der Waals surface area (Å²) in [5.74, 6) is 0.737. The number of hydrogen-bond acceptors (Lipinski definition) is 8. The zero-order valence-corrected chi connectivity index (χ0v) is 18.9. The van der Waals surface area contributed by atoms with E-state index in [1.54, 1.807) is 30.2 Å². The number of nitrogens with zero attached hydrogens (tertiary/aromatic N) is 5. The standard InChI is InChI=1S/C24H28N6O3/c1-3-32-22(31)15-30-14-21(23(28-30)33-20-12-29(2)13-20)18-10-25-24(26-11-18)27-19-8-16-6-4-5-7-17(16)9-19/h4-7,10-11,14,19-20H,3,8-9,12-13,15H2,1-2H3,(H,25,26,27). The number of carbonyl (C=O) groups excluding carboxylic acids is 1. The molecule has 0 spiro atoms. The Morgan fingerprint density at radius 3 is 2.48 bits per heavy atom. The Balaban J connectivity index is 1.31. The van der Waals surface area contributed by atoms with E-state index >= 15 is 0 Å². The minimum Gasteiger partial charge on any atom is -0.470 e. The molecule has 1 aliphatic carbocycles. The lowest BCUT2D eigenvalue weighted by Crippen LogP contribution is -2.51. The number of likely N-dealkylation sites (tertiary alicyclic amines) is 1. The molecule has 1 N–H and O–H groups in total. The van der Waals surface area contributed by atoms with Crippen LogP contribution < -0.4 is 10.1 Å². The lowest BCUT2D eigenvalue weighted by atomic mass is 10.1. The third-order valence-electron chi connectivity index (χ3n) is 5.98. The number of rotatable bonds is 8. The Kier molecular flexibility index (Phi) is 5.95. The summed E-state index contributed by atoms with van der Waals surface area (Å²) in [6, 6.07) is 8.80. The maximum absolute atomic E-state index is 11.9. The number of hydrogen-bond donors (Lipinski definition) is 1. The normalized spacial score (nSPS) is 16.3. The molecule has 5 rings (SSSR count). The Hall–Kier alpha value is -3.46. The van der Waals surface area contributed by atoms with E-state index in [0.29, 0.717) is 18.4 Å². The first-order chi connectivity index (χ1) is 16.1. The molecule has 1 aromatic carbocycles. The lowest BCUT2D eigenvalue weighted by molar-refractivity contribution is -0.144. The topological polar surface area (TPSA) is 94.4 Å². The van der Waals surface area contributed by atoms with Crippen LogP contribution in [0.25, 0.3) is 11.1 Å². The summed E-state index contributed by atoms with van der Waals surface area (Å²) in [5.41, 5.74) is 4.30. The van der Waals surface area contributed by atoms with Crippen molar-refractivity contribution in [2.75, 3.05) is 32.1 Å². The molecule has 0 unspecified atom stereocenters. The molecule has 0 atom stereocenters. The highest BCUT2D eigenvalue weighted by atomic mass is 16.5. The summed E-state index contributed by atoms with van der Waals surface area (Å²) in [7, 11) is 2.04. The number of carbonyl (C=O) groups is 1. The quantitative estimate of drug-likeness (QED) is 0.524. The molecule has 2 aromatic heterocycles. The number of fused-ring (bicyclic) bond motifs is 1. The van der Waals surface area contributed by atoms with Crippen molar-refractivity contribution >= 4 is 11.9 Å². The first-order valence-electron chi connectivity index (χ1n) is 11.3. The molecule has 1 fully saturated rings. The van der Waals surface area contributed by atoms with Crippen molar-refractivity contribution in [3.8, 4) is 17.0 Å². The molecular formula is C24H28N6O3. The van der Waals surface area contributed by atoms with Gasteiger partial charge in [-0.05, 0) is 37.9 Å². The molecule has 3 aromatic rings. The van der Waals surface area contributed by atoms with Crippen molar-refractivity contribution in [3.05, 3.63) is 54.0 Å². The van der Waals surface area contributed by atoms with Crippen LogP contribution in [0.15, 0.2) is 42.9 Å². The van der Waals surface area contributed by atoms with Gasteiger partial charge < -0.3 is 14.8 Å². The molecule has 0 amide bonds. The van der Waals surface area contributed by atoms with Crippen molar-refractivity contribution in [3.63, 3.8) is 0 Å². The summed E-state index contributed by atoms with van der Waals surface area (Å²) in [6.45, 7) is 3.82. The number of ether oxygens (including phenoxy) is 2. The fourth-order valence-corrected chi connectivity index (χ4v) is 4.37. The molecule has 9 nitrogen and oxygen atoms in total. The number of esters is 1. The largest absolute Gasteiger partial charge is 0.470 e. The van der Waals surface area contributed by atoms with E-state index < -0.39 is 0 Å². The summed E-state index contributed by atoms with van der Waals surface area (Å²) in [4.78, 5) is 23.2. The molecule has 0 radical (unpaired) electrons.